The molecule has 1 aromatic rings. The van der Waals surface area contributed by atoms with Crippen LogP contribution in [0.4, 0.5) is 13.2 Å². The number of nitrogens with zero attached hydrogens (tertiary/aromatic N) is 1. The lowest BCUT2D eigenvalue weighted by Crippen LogP contribution is -2.48. The summed E-state index contributed by atoms with van der Waals surface area (Å²) in [5, 5.41) is 12.8. The zero-order valence-corrected chi connectivity index (χ0v) is 16.7. The quantitative estimate of drug-likeness (QED) is 0.720. The topological polar surface area (TPSA) is 61.8 Å². The van der Waals surface area contributed by atoms with Gasteiger partial charge in [-0.05, 0) is 44.1 Å². The first kappa shape index (κ1) is 21.3. The Morgan fingerprint density at radius 3 is 2.64 bits per heavy atom. The monoisotopic (exact) mass is 418 g/mol. The first-order chi connectivity index (χ1) is 13.2. The van der Waals surface area contributed by atoms with Crippen LogP contribution in [0.3, 0.4) is 0 Å². The zero-order valence-electron chi connectivity index (χ0n) is 15.9. The van der Waals surface area contributed by atoms with Gasteiger partial charge in [-0.15, -0.1) is 11.8 Å². The molecular weight excluding hydrogens is 393 g/mol. The molecule has 0 aromatic heterocycles. The summed E-state index contributed by atoms with van der Waals surface area (Å²) in [6.07, 6.45) is 0.199. The first-order valence-electron chi connectivity index (χ1n) is 9.30. The third kappa shape index (κ3) is 4.41. The van der Waals surface area contributed by atoms with Gasteiger partial charge in [-0.1, -0.05) is 0 Å². The van der Waals surface area contributed by atoms with Gasteiger partial charge in [0.05, 0.1) is 24.3 Å². The van der Waals surface area contributed by atoms with Crippen molar-refractivity contribution in [2.45, 2.75) is 54.9 Å². The number of methoxy groups -OCH3 is 1. The van der Waals surface area contributed by atoms with Crippen LogP contribution in [0.25, 0.3) is 0 Å². The summed E-state index contributed by atoms with van der Waals surface area (Å²) in [5.74, 6) is -0.505. The molecule has 1 saturated heterocycles. The van der Waals surface area contributed by atoms with Crippen LogP contribution in [0.15, 0.2) is 17.0 Å². The standard InChI is InChI=1S/C19H25F3N2O3S/c1-27-15-8-11(19(20,21)22)9-16(28-2)17(15)18(26)23-13-4-3-5-14(13)24-7-6-12(25)10-24/h8-9,12-14,25H,3-7,10H2,1-2H3,(H,23,26). The smallest absolute Gasteiger partial charge is 0.416 e. The van der Waals surface area contributed by atoms with Crippen molar-refractivity contribution < 1.29 is 27.8 Å². The van der Waals surface area contributed by atoms with Crippen LogP contribution in [0, 0.1) is 0 Å². The summed E-state index contributed by atoms with van der Waals surface area (Å²) in [6.45, 7) is 1.38. The number of ether oxygens (including phenoxy) is 1. The van der Waals surface area contributed by atoms with E-state index in [2.05, 4.69) is 10.2 Å². The summed E-state index contributed by atoms with van der Waals surface area (Å²) in [4.78, 5) is 15.4. The molecule has 0 spiro atoms. The number of hydrogen-bond acceptors (Lipinski definition) is 5. The van der Waals surface area contributed by atoms with Gasteiger partial charge < -0.3 is 15.2 Å². The molecule has 1 heterocycles. The molecule has 5 nitrogen and oxygen atoms in total. The number of likely N-dealkylation sites (tertiary alicyclic amines) is 1. The van der Waals surface area contributed by atoms with Crippen molar-refractivity contribution in [1.82, 2.24) is 10.2 Å². The number of alkyl halides is 3. The molecule has 3 rings (SSSR count). The number of carbonyl (C=O) groups is 1. The van der Waals surface area contributed by atoms with Gasteiger partial charge in [0, 0.05) is 30.1 Å². The molecule has 2 fully saturated rings. The van der Waals surface area contributed by atoms with Crippen molar-refractivity contribution in [2.75, 3.05) is 26.5 Å². The average molecular weight is 418 g/mol. The number of aliphatic hydroxyl groups is 1. The van der Waals surface area contributed by atoms with E-state index in [-0.39, 0.29) is 34.4 Å². The highest BCUT2D eigenvalue weighted by Crippen LogP contribution is 2.38. The summed E-state index contributed by atoms with van der Waals surface area (Å²) in [5.41, 5.74) is -0.704. The highest BCUT2D eigenvalue weighted by atomic mass is 32.2. The van der Waals surface area contributed by atoms with Crippen molar-refractivity contribution in [3.63, 3.8) is 0 Å². The molecule has 1 saturated carbocycles. The summed E-state index contributed by atoms with van der Waals surface area (Å²) in [7, 11) is 1.26. The maximum Gasteiger partial charge on any atom is 0.416 e. The number of nitrogens with one attached hydrogen (secondary N) is 1. The third-order valence-electron chi connectivity index (χ3n) is 5.52. The Bertz CT molecular complexity index is 704. The number of aliphatic hydroxyl groups excluding tert-OH is 1. The molecule has 1 aliphatic heterocycles. The molecule has 0 radical (unpaired) electrons. The van der Waals surface area contributed by atoms with E-state index in [9.17, 15) is 23.1 Å². The molecule has 3 unspecified atom stereocenters. The molecule has 3 atom stereocenters. The van der Waals surface area contributed by atoms with Crippen LogP contribution in [0.2, 0.25) is 0 Å². The van der Waals surface area contributed by atoms with E-state index in [1.807, 2.05) is 0 Å². The minimum absolute atomic E-state index is 0.0807. The molecule has 1 aromatic carbocycles. The lowest BCUT2D eigenvalue weighted by Gasteiger charge is -2.30. The predicted molar refractivity (Wildman–Crippen MR) is 101 cm³/mol. The van der Waals surface area contributed by atoms with Crippen molar-refractivity contribution in [3.05, 3.63) is 23.3 Å². The highest BCUT2D eigenvalue weighted by molar-refractivity contribution is 7.98. The molecule has 1 amide bonds. The number of carbonyl (C=O) groups excluding carboxylic acids is 1. The third-order valence-corrected chi connectivity index (χ3v) is 6.28. The predicted octanol–water partition coefficient (Wildman–Crippen LogP) is 3.15. The van der Waals surface area contributed by atoms with Gasteiger partial charge in [0.2, 0.25) is 0 Å². The minimum atomic E-state index is -4.51. The number of halogens is 3. The maximum atomic E-state index is 13.1. The molecule has 28 heavy (non-hydrogen) atoms. The number of thioether (sulfide) groups is 1. The Kier molecular flexibility index (Phi) is 6.46. The first-order valence-corrected chi connectivity index (χ1v) is 10.5. The summed E-state index contributed by atoms with van der Waals surface area (Å²) in [6, 6.07) is 1.90. The highest BCUT2D eigenvalue weighted by Gasteiger charge is 2.38. The van der Waals surface area contributed by atoms with Crippen molar-refractivity contribution in [3.8, 4) is 5.75 Å². The van der Waals surface area contributed by atoms with Crippen LogP contribution in [-0.4, -0.2) is 60.6 Å². The van der Waals surface area contributed by atoms with Gasteiger partial charge in [0.15, 0.2) is 0 Å². The van der Waals surface area contributed by atoms with E-state index in [1.165, 1.54) is 7.11 Å². The Labute approximate surface area is 166 Å². The molecule has 2 N–H and O–H groups in total. The van der Waals surface area contributed by atoms with Crippen LogP contribution < -0.4 is 10.1 Å². The minimum Gasteiger partial charge on any atom is -0.496 e. The number of hydrogen-bond donors (Lipinski definition) is 2. The van der Waals surface area contributed by atoms with E-state index < -0.39 is 17.6 Å². The van der Waals surface area contributed by atoms with Crippen LogP contribution in [-0.2, 0) is 6.18 Å². The number of benzene rings is 1. The van der Waals surface area contributed by atoms with Gasteiger partial charge in [-0.2, -0.15) is 13.2 Å². The van der Waals surface area contributed by atoms with Crippen molar-refractivity contribution in [2.24, 2.45) is 0 Å². The average Bonchev–Trinajstić information content (AvgIpc) is 3.28. The summed E-state index contributed by atoms with van der Waals surface area (Å²) < 4.78 is 44.6. The summed E-state index contributed by atoms with van der Waals surface area (Å²) >= 11 is 1.08. The maximum absolute atomic E-state index is 13.1. The van der Waals surface area contributed by atoms with Crippen LogP contribution in [0.5, 0.6) is 5.75 Å². The zero-order chi connectivity index (χ0) is 20.5. The van der Waals surface area contributed by atoms with Crippen LogP contribution in [0.1, 0.15) is 41.6 Å². The Morgan fingerprint density at radius 1 is 1.32 bits per heavy atom. The lowest BCUT2D eigenvalue weighted by molar-refractivity contribution is -0.137. The van der Waals surface area contributed by atoms with Gasteiger partial charge in [-0.3, -0.25) is 9.69 Å². The normalized spacial score (nSPS) is 25.9. The second-order valence-electron chi connectivity index (χ2n) is 7.27. The number of β-amino-alcohol motifs (C(OH)–C–C–N with tert-alkyl or cyclic N) is 1. The van der Waals surface area contributed by atoms with Gasteiger partial charge in [-0.25, -0.2) is 0 Å². The molecule has 9 heteroatoms. The fraction of sp³-hybridized carbons (Fsp3) is 0.632. The van der Waals surface area contributed by atoms with Gasteiger partial charge in [0.1, 0.15) is 5.75 Å². The largest absolute Gasteiger partial charge is 0.496 e. The SMILES string of the molecule is COc1cc(C(F)(F)F)cc(SC)c1C(=O)NC1CCCC1N1CCC(O)C1. The lowest BCUT2D eigenvalue weighted by atomic mass is 10.1. The Balaban J connectivity index is 1.83. The van der Waals surface area contributed by atoms with E-state index in [1.54, 1.807) is 6.26 Å². The van der Waals surface area contributed by atoms with Crippen molar-refractivity contribution >= 4 is 17.7 Å². The van der Waals surface area contributed by atoms with Crippen molar-refractivity contribution in [1.29, 1.82) is 0 Å². The van der Waals surface area contributed by atoms with E-state index in [0.717, 1.165) is 56.1 Å². The fourth-order valence-corrected chi connectivity index (χ4v) is 4.80. The second kappa shape index (κ2) is 8.51. The number of rotatable bonds is 5. The Hall–Kier alpha value is -1.45. The van der Waals surface area contributed by atoms with Gasteiger partial charge >= 0.3 is 6.18 Å². The van der Waals surface area contributed by atoms with Gasteiger partial charge in [0.25, 0.3) is 5.91 Å². The second-order valence-corrected chi connectivity index (χ2v) is 8.12. The van der Waals surface area contributed by atoms with E-state index in [0.29, 0.717) is 6.54 Å². The van der Waals surface area contributed by atoms with E-state index >= 15 is 0 Å². The van der Waals surface area contributed by atoms with Crippen LogP contribution >= 0.6 is 11.8 Å². The Morgan fingerprint density at radius 2 is 2.07 bits per heavy atom. The number of amides is 1. The molecule has 2 aliphatic rings. The molecule has 0 bridgehead atoms. The fourth-order valence-electron chi connectivity index (χ4n) is 4.16. The molecule has 1 aliphatic carbocycles. The molecule has 156 valence electrons. The molecular formula is C19H25F3N2O3S. The van der Waals surface area contributed by atoms with E-state index in [4.69, 9.17) is 4.74 Å².